The SMILES string of the molecule is [N-]=[N+]=NCCC1=NCNO1. The highest BCUT2D eigenvalue weighted by Gasteiger charge is 2.04. The molecule has 0 saturated heterocycles. The van der Waals surface area contributed by atoms with Gasteiger partial charge < -0.3 is 4.84 Å². The molecule has 54 valence electrons. The van der Waals surface area contributed by atoms with E-state index < -0.39 is 0 Å². The molecule has 1 N–H and O–H groups in total. The molecule has 1 heterocycles. The van der Waals surface area contributed by atoms with E-state index >= 15 is 0 Å². The molecule has 6 nitrogen and oxygen atoms in total. The quantitative estimate of drug-likeness (QED) is 0.354. The van der Waals surface area contributed by atoms with Crippen molar-refractivity contribution in [3.05, 3.63) is 10.4 Å². The highest BCUT2D eigenvalue weighted by atomic mass is 16.7. The van der Waals surface area contributed by atoms with Gasteiger partial charge in [0, 0.05) is 17.9 Å². The van der Waals surface area contributed by atoms with Crippen LogP contribution in [0, 0.1) is 0 Å². The summed E-state index contributed by atoms with van der Waals surface area (Å²) >= 11 is 0. The van der Waals surface area contributed by atoms with Crippen LogP contribution >= 0.6 is 0 Å². The summed E-state index contributed by atoms with van der Waals surface area (Å²) in [5.74, 6) is 0.604. The average molecular weight is 141 g/mol. The molecule has 0 radical (unpaired) electrons. The van der Waals surface area contributed by atoms with Crippen molar-refractivity contribution in [1.29, 1.82) is 0 Å². The molecule has 1 rings (SSSR count). The van der Waals surface area contributed by atoms with Crippen molar-refractivity contribution in [1.82, 2.24) is 5.48 Å². The van der Waals surface area contributed by atoms with E-state index in [-0.39, 0.29) is 0 Å². The Morgan fingerprint density at radius 2 is 2.80 bits per heavy atom. The molecule has 0 spiro atoms. The van der Waals surface area contributed by atoms with E-state index in [1.165, 1.54) is 0 Å². The van der Waals surface area contributed by atoms with E-state index in [1.807, 2.05) is 0 Å². The molecule has 0 amide bonds. The highest BCUT2D eigenvalue weighted by Crippen LogP contribution is 1.94. The maximum absolute atomic E-state index is 7.90. The summed E-state index contributed by atoms with van der Waals surface area (Å²) in [5, 5.41) is 3.33. The van der Waals surface area contributed by atoms with Crippen LogP contribution in [-0.4, -0.2) is 19.1 Å². The topological polar surface area (TPSA) is 82.4 Å². The lowest BCUT2D eigenvalue weighted by atomic mass is 10.4. The third-order valence-electron chi connectivity index (χ3n) is 0.999. The highest BCUT2D eigenvalue weighted by molar-refractivity contribution is 5.76. The van der Waals surface area contributed by atoms with E-state index in [2.05, 4.69) is 20.5 Å². The summed E-state index contributed by atoms with van der Waals surface area (Å²) in [6, 6.07) is 0. The summed E-state index contributed by atoms with van der Waals surface area (Å²) in [4.78, 5) is 11.3. The molecule has 0 saturated carbocycles. The molecule has 0 unspecified atom stereocenters. The number of hydrogen-bond donors (Lipinski definition) is 1. The molecule has 0 aromatic heterocycles. The first-order chi connectivity index (χ1) is 4.93. The van der Waals surface area contributed by atoms with Crippen LogP contribution in [0.4, 0.5) is 0 Å². The molecule has 0 atom stereocenters. The fraction of sp³-hybridized carbons (Fsp3) is 0.750. The second-order valence-corrected chi connectivity index (χ2v) is 1.66. The molecule has 10 heavy (non-hydrogen) atoms. The monoisotopic (exact) mass is 141 g/mol. The first-order valence-electron chi connectivity index (χ1n) is 2.87. The largest absolute Gasteiger partial charge is 0.392 e. The third kappa shape index (κ3) is 1.93. The molecule has 1 aliphatic heterocycles. The van der Waals surface area contributed by atoms with E-state index in [0.29, 0.717) is 25.5 Å². The fourth-order valence-electron chi connectivity index (χ4n) is 0.589. The van der Waals surface area contributed by atoms with Crippen LogP contribution in [0.3, 0.4) is 0 Å². The van der Waals surface area contributed by atoms with Gasteiger partial charge in [0.05, 0.1) is 0 Å². The Morgan fingerprint density at radius 1 is 1.90 bits per heavy atom. The molecule has 0 aromatic rings. The second-order valence-electron chi connectivity index (χ2n) is 1.66. The predicted octanol–water partition coefficient (Wildman–Crippen LogP) is 0.578. The van der Waals surface area contributed by atoms with Gasteiger partial charge in [0.2, 0.25) is 5.90 Å². The van der Waals surface area contributed by atoms with Gasteiger partial charge >= 0.3 is 0 Å². The zero-order valence-corrected chi connectivity index (χ0v) is 5.32. The molecular weight excluding hydrogens is 134 g/mol. The first-order valence-corrected chi connectivity index (χ1v) is 2.87. The lowest BCUT2D eigenvalue weighted by Crippen LogP contribution is -2.09. The zero-order chi connectivity index (χ0) is 7.23. The Hall–Kier alpha value is -1.26. The number of hydrogen-bond acceptors (Lipinski definition) is 4. The lowest BCUT2D eigenvalue weighted by molar-refractivity contribution is 0.209. The van der Waals surface area contributed by atoms with Crippen LogP contribution in [0.25, 0.3) is 10.4 Å². The van der Waals surface area contributed by atoms with Crippen molar-refractivity contribution >= 4 is 5.90 Å². The number of azide groups is 1. The number of nitrogens with one attached hydrogen (secondary N) is 1. The van der Waals surface area contributed by atoms with E-state index in [9.17, 15) is 0 Å². The summed E-state index contributed by atoms with van der Waals surface area (Å²) < 4.78 is 0. The van der Waals surface area contributed by atoms with Crippen LogP contribution in [0.1, 0.15) is 6.42 Å². The number of nitrogens with zero attached hydrogens (tertiary/aromatic N) is 4. The molecule has 1 aliphatic rings. The summed E-state index contributed by atoms with van der Waals surface area (Å²) in [6.07, 6.45) is 0.567. The van der Waals surface area contributed by atoms with Gasteiger partial charge in [0.1, 0.15) is 6.67 Å². The molecular formula is C4H7N5O. The minimum absolute atomic E-state index is 0.400. The van der Waals surface area contributed by atoms with Crippen molar-refractivity contribution in [3.8, 4) is 0 Å². The van der Waals surface area contributed by atoms with Gasteiger partial charge in [-0.2, -0.15) is 0 Å². The van der Waals surface area contributed by atoms with Gasteiger partial charge in [-0.25, -0.2) is 4.99 Å². The van der Waals surface area contributed by atoms with Gasteiger partial charge in [-0.1, -0.05) is 5.11 Å². The summed E-state index contributed by atoms with van der Waals surface area (Å²) in [6.45, 7) is 0.891. The maximum atomic E-state index is 7.90. The minimum atomic E-state index is 0.400. The molecule has 0 fully saturated rings. The summed E-state index contributed by atoms with van der Waals surface area (Å²) in [7, 11) is 0. The van der Waals surface area contributed by atoms with E-state index in [1.54, 1.807) is 0 Å². The maximum Gasteiger partial charge on any atom is 0.210 e. The van der Waals surface area contributed by atoms with Crippen LogP contribution in [0.5, 0.6) is 0 Å². The summed E-state index contributed by atoms with van der Waals surface area (Å²) in [5.41, 5.74) is 10.5. The lowest BCUT2D eigenvalue weighted by Gasteiger charge is -1.94. The average Bonchev–Trinajstić information content (AvgIpc) is 2.41. The van der Waals surface area contributed by atoms with Crippen molar-refractivity contribution < 1.29 is 4.84 Å². The molecule has 0 aromatic carbocycles. The fourth-order valence-corrected chi connectivity index (χ4v) is 0.589. The Kier molecular flexibility index (Phi) is 2.54. The van der Waals surface area contributed by atoms with Gasteiger partial charge in [-0.15, -0.1) is 5.48 Å². The van der Waals surface area contributed by atoms with Gasteiger partial charge in [-0.3, -0.25) is 0 Å². The number of hydroxylamine groups is 1. The van der Waals surface area contributed by atoms with Crippen molar-refractivity contribution in [2.24, 2.45) is 10.1 Å². The molecule has 0 bridgehead atoms. The molecule has 0 aliphatic carbocycles. The Labute approximate surface area is 57.5 Å². The van der Waals surface area contributed by atoms with E-state index in [0.717, 1.165) is 0 Å². The Bertz CT molecular complexity index is 182. The Morgan fingerprint density at radius 3 is 3.40 bits per heavy atom. The van der Waals surface area contributed by atoms with E-state index in [4.69, 9.17) is 10.4 Å². The smallest absolute Gasteiger partial charge is 0.210 e. The minimum Gasteiger partial charge on any atom is -0.392 e. The van der Waals surface area contributed by atoms with Crippen LogP contribution in [-0.2, 0) is 4.84 Å². The number of rotatable bonds is 3. The van der Waals surface area contributed by atoms with Gasteiger partial charge in [0.15, 0.2) is 0 Å². The standard InChI is InChI=1S/C4H7N5O/c5-9-7-2-1-4-6-3-8-10-4/h8H,1-3H2. The van der Waals surface area contributed by atoms with Gasteiger partial charge in [0.25, 0.3) is 0 Å². The van der Waals surface area contributed by atoms with Crippen LogP contribution in [0.2, 0.25) is 0 Å². The zero-order valence-electron chi connectivity index (χ0n) is 5.32. The van der Waals surface area contributed by atoms with Crippen molar-refractivity contribution in [2.75, 3.05) is 13.2 Å². The normalized spacial score (nSPS) is 15.4. The Balaban J connectivity index is 2.18. The van der Waals surface area contributed by atoms with Gasteiger partial charge in [-0.05, 0) is 5.53 Å². The third-order valence-corrected chi connectivity index (χ3v) is 0.999. The van der Waals surface area contributed by atoms with Crippen LogP contribution in [0.15, 0.2) is 10.1 Å². The number of aliphatic imine (C=N–C) groups is 1. The second kappa shape index (κ2) is 3.71. The molecule has 6 heteroatoms. The van der Waals surface area contributed by atoms with Crippen molar-refractivity contribution in [3.63, 3.8) is 0 Å². The van der Waals surface area contributed by atoms with Crippen LogP contribution < -0.4 is 5.48 Å². The predicted molar refractivity (Wildman–Crippen MR) is 35.2 cm³/mol. The van der Waals surface area contributed by atoms with Crippen molar-refractivity contribution in [2.45, 2.75) is 6.42 Å². The first kappa shape index (κ1) is 6.85.